The molecule has 18 heavy (non-hydrogen) atoms. The number of methoxy groups -OCH3 is 1. The molecule has 0 aromatic carbocycles. The monoisotopic (exact) mass is 276 g/mol. The lowest BCUT2D eigenvalue weighted by molar-refractivity contribution is 0.173. The second-order valence-corrected chi connectivity index (χ2v) is 7.54. The average molecular weight is 276 g/mol. The molecule has 6 heteroatoms. The van der Waals surface area contributed by atoms with E-state index in [0.29, 0.717) is 25.7 Å². The van der Waals surface area contributed by atoms with Crippen molar-refractivity contribution in [2.45, 2.75) is 38.1 Å². The number of ether oxygens (including phenoxy) is 1. The summed E-state index contributed by atoms with van der Waals surface area (Å²) in [5.41, 5.74) is 0.174. The van der Waals surface area contributed by atoms with Gasteiger partial charge in [0.05, 0.1) is 5.75 Å². The van der Waals surface area contributed by atoms with Crippen LogP contribution in [-0.4, -0.2) is 47.0 Å². The molecule has 0 aliphatic heterocycles. The highest BCUT2D eigenvalue weighted by molar-refractivity contribution is 7.89. The van der Waals surface area contributed by atoms with Gasteiger partial charge in [-0.3, -0.25) is 0 Å². The highest BCUT2D eigenvalue weighted by atomic mass is 32.2. The van der Waals surface area contributed by atoms with E-state index in [1.54, 1.807) is 7.11 Å². The smallest absolute Gasteiger partial charge is 0.212 e. The van der Waals surface area contributed by atoms with E-state index in [2.05, 4.69) is 10.0 Å². The van der Waals surface area contributed by atoms with Crippen LogP contribution in [0, 0.1) is 5.41 Å². The molecule has 2 saturated carbocycles. The van der Waals surface area contributed by atoms with Gasteiger partial charge in [-0.2, -0.15) is 0 Å². The first kappa shape index (κ1) is 14.2. The number of hydrogen-bond donors (Lipinski definition) is 2. The van der Waals surface area contributed by atoms with Crippen molar-refractivity contribution in [3.63, 3.8) is 0 Å². The molecular formula is C12H24N2O3S. The molecule has 2 fully saturated rings. The molecule has 0 unspecified atom stereocenters. The van der Waals surface area contributed by atoms with Gasteiger partial charge in [0.15, 0.2) is 0 Å². The molecule has 0 aromatic heterocycles. The highest BCUT2D eigenvalue weighted by Crippen LogP contribution is 2.48. The van der Waals surface area contributed by atoms with Crippen LogP contribution in [0.2, 0.25) is 0 Å². The Hall–Kier alpha value is -0.170. The fourth-order valence-corrected chi connectivity index (χ4v) is 3.09. The van der Waals surface area contributed by atoms with E-state index >= 15 is 0 Å². The molecule has 0 amide bonds. The maximum absolute atomic E-state index is 11.8. The molecule has 2 N–H and O–H groups in total. The van der Waals surface area contributed by atoms with Gasteiger partial charge < -0.3 is 10.1 Å². The Bertz CT molecular complexity index is 362. The Labute approximate surface area is 110 Å². The molecule has 0 bridgehead atoms. The molecule has 0 aromatic rings. The third kappa shape index (κ3) is 4.84. The van der Waals surface area contributed by atoms with Crippen LogP contribution in [-0.2, 0) is 14.8 Å². The van der Waals surface area contributed by atoms with Crippen molar-refractivity contribution in [3.05, 3.63) is 0 Å². The van der Waals surface area contributed by atoms with E-state index in [4.69, 9.17) is 4.74 Å². The van der Waals surface area contributed by atoms with Crippen LogP contribution in [0.15, 0.2) is 0 Å². The van der Waals surface area contributed by atoms with Crippen LogP contribution in [0.25, 0.3) is 0 Å². The van der Waals surface area contributed by atoms with E-state index in [1.807, 2.05) is 0 Å². The van der Waals surface area contributed by atoms with Crippen LogP contribution in [0.3, 0.4) is 0 Å². The van der Waals surface area contributed by atoms with E-state index in [-0.39, 0.29) is 11.2 Å². The molecule has 0 radical (unpaired) electrons. The minimum atomic E-state index is -3.12. The SMILES string of the molecule is COCCC1(CNS(=O)(=O)CCNC2CC2)CC1. The summed E-state index contributed by atoms with van der Waals surface area (Å²) >= 11 is 0. The number of rotatable bonds is 10. The van der Waals surface area contributed by atoms with E-state index in [0.717, 1.165) is 19.3 Å². The van der Waals surface area contributed by atoms with Crippen molar-refractivity contribution >= 4 is 10.0 Å². The van der Waals surface area contributed by atoms with Gasteiger partial charge in [-0.1, -0.05) is 0 Å². The van der Waals surface area contributed by atoms with Crippen molar-refractivity contribution in [2.24, 2.45) is 5.41 Å². The topological polar surface area (TPSA) is 67.4 Å². The zero-order chi connectivity index (χ0) is 13.1. The number of sulfonamides is 1. The molecule has 0 spiro atoms. The predicted octanol–water partition coefficient (Wildman–Crippen LogP) is 0.475. The Balaban J connectivity index is 1.64. The van der Waals surface area contributed by atoms with E-state index in [1.165, 1.54) is 12.8 Å². The summed E-state index contributed by atoms with van der Waals surface area (Å²) in [5.74, 6) is 0.184. The Morgan fingerprint density at radius 2 is 2.06 bits per heavy atom. The highest BCUT2D eigenvalue weighted by Gasteiger charge is 2.42. The van der Waals surface area contributed by atoms with Crippen LogP contribution in [0.5, 0.6) is 0 Å². The maximum Gasteiger partial charge on any atom is 0.212 e. The van der Waals surface area contributed by atoms with Crippen LogP contribution < -0.4 is 10.0 Å². The average Bonchev–Trinajstić information content (AvgIpc) is 3.20. The first-order valence-electron chi connectivity index (χ1n) is 6.75. The third-order valence-corrected chi connectivity index (χ3v) is 5.17. The first-order chi connectivity index (χ1) is 8.55. The van der Waals surface area contributed by atoms with Crippen LogP contribution in [0.1, 0.15) is 32.1 Å². The van der Waals surface area contributed by atoms with E-state index < -0.39 is 10.0 Å². The molecule has 0 atom stereocenters. The summed E-state index contributed by atoms with van der Waals surface area (Å²) < 4.78 is 31.4. The summed E-state index contributed by atoms with van der Waals surface area (Å²) in [6.45, 7) is 1.85. The second kappa shape index (κ2) is 5.86. The third-order valence-electron chi connectivity index (χ3n) is 3.84. The molecule has 106 valence electrons. The predicted molar refractivity (Wildman–Crippen MR) is 71.0 cm³/mol. The summed E-state index contributed by atoms with van der Waals surface area (Å²) in [6.07, 6.45) is 5.55. The minimum Gasteiger partial charge on any atom is -0.385 e. The Morgan fingerprint density at radius 3 is 2.61 bits per heavy atom. The molecule has 2 aliphatic rings. The largest absolute Gasteiger partial charge is 0.385 e. The van der Waals surface area contributed by atoms with Crippen molar-refractivity contribution < 1.29 is 13.2 Å². The Morgan fingerprint density at radius 1 is 1.33 bits per heavy atom. The molecule has 2 aliphatic carbocycles. The van der Waals surface area contributed by atoms with Gasteiger partial charge in [-0.25, -0.2) is 13.1 Å². The summed E-state index contributed by atoms with van der Waals surface area (Å²) in [7, 11) is -1.44. The number of hydrogen-bond acceptors (Lipinski definition) is 4. The molecule has 2 rings (SSSR count). The zero-order valence-electron chi connectivity index (χ0n) is 11.1. The lowest BCUT2D eigenvalue weighted by Crippen LogP contribution is -2.36. The normalized spacial score (nSPS) is 22.1. The zero-order valence-corrected chi connectivity index (χ0v) is 11.9. The van der Waals surface area contributed by atoms with Gasteiger partial charge >= 0.3 is 0 Å². The molecule has 0 saturated heterocycles. The van der Waals surface area contributed by atoms with Crippen molar-refractivity contribution in [3.8, 4) is 0 Å². The van der Waals surface area contributed by atoms with Gasteiger partial charge in [0, 0.05) is 32.8 Å². The second-order valence-electron chi connectivity index (χ2n) is 5.61. The summed E-state index contributed by atoms with van der Waals surface area (Å²) in [4.78, 5) is 0. The van der Waals surface area contributed by atoms with E-state index in [9.17, 15) is 8.42 Å². The summed E-state index contributed by atoms with van der Waals surface area (Å²) in [6, 6.07) is 0.566. The maximum atomic E-state index is 11.8. The standard InChI is InChI=1S/C12H24N2O3S/c1-17-8-6-12(4-5-12)10-14-18(15,16)9-7-13-11-2-3-11/h11,13-14H,2-10H2,1H3. The lowest BCUT2D eigenvalue weighted by atomic mass is 10.0. The van der Waals surface area contributed by atoms with Gasteiger partial charge in [-0.05, 0) is 37.5 Å². The van der Waals surface area contributed by atoms with Crippen LogP contribution in [0.4, 0.5) is 0 Å². The van der Waals surface area contributed by atoms with Gasteiger partial charge in [0.25, 0.3) is 0 Å². The lowest BCUT2D eigenvalue weighted by Gasteiger charge is -2.15. The van der Waals surface area contributed by atoms with Crippen molar-refractivity contribution in [1.29, 1.82) is 0 Å². The Kier molecular flexibility index (Phi) is 4.64. The quantitative estimate of drug-likeness (QED) is 0.609. The van der Waals surface area contributed by atoms with Crippen molar-refractivity contribution in [2.75, 3.05) is 32.6 Å². The van der Waals surface area contributed by atoms with Gasteiger partial charge in [-0.15, -0.1) is 0 Å². The molecular weight excluding hydrogens is 252 g/mol. The van der Waals surface area contributed by atoms with Gasteiger partial charge in [0.2, 0.25) is 10.0 Å². The fourth-order valence-electron chi connectivity index (χ4n) is 2.03. The van der Waals surface area contributed by atoms with Crippen LogP contribution >= 0.6 is 0 Å². The minimum absolute atomic E-state index is 0.174. The molecule has 5 nitrogen and oxygen atoms in total. The summed E-state index contributed by atoms with van der Waals surface area (Å²) in [5, 5.41) is 3.22. The van der Waals surface area contributed by atoms with Gasteiger partial charge in [0.1, 0.15) is 0 Å². The number of nitrogens with one attached hydrogen (secondary N) is 2. The van der Waals surface area contributed by atoms with Crippen molar-refractivity contribution in [1.82, 2.24) is 10.0 Å². The first-order valence-corrected chi connectivity index (χ1v) is 8.40. The molecule has 0 heterocycles. The fraction of sp³-hybridized carbons (Fsp3) is 1.00.